The van der Waals surface area contributed by atoms with Crippen LogP contribution in [0.1, 0.15) is 60.7 Å². The first-order valence-electron chi connectivity index (χ1n) is 9.25. The second-order valence-corrected chi connectivity index (χ2v) is 7.27. The van der Waals surface area contributed by atoms with Gasteiger partial charge < -0.3 is 9.97 Å². The summed E-state index contributed by atoms with van der Waals surface area (Å²) in [5.41, 5.74) is 1.10. The van der Waals surface area contributed by atoms with E-state index in [1.807, 2.05) is 4.90 Å². The van der Waals surface area contributed by atoms with Crippen molar-refractivity contribution in [3.05, 3.63) is 60.0 Å². The molecule has 3 heterocycles. The lowest BCUT2D eigenvalue weighted by Gasteiger charge is -2.28. The highest BCUT2D eigenvalue weighted by atomic mass is 16.2. The van der Waals surface area contributed by atoms with Crippen LogP contribution >= 0.6 is 0 Å². The molecule has 8 nitrogen and oxygen atoms in total. The maximum Gasteiger partial charge on any atom is 0.325 e. The van der Waals surface area contributed by atoms with E-state index in [1.165, 1.54) is 25.5 Å². The number of hydrogen-bond donors (Lipinski definition) is 3. The smallest absolute Gasteiger partial charge is 0.314 e. The zero-order chi connectivity index (χ0) is 18.1. The molecule has 4 rings (SSSR count). The maximum atomic E-state index is 12.6. The third-order valence-electron chi connectivity index (χ3n) is 5.45. The Morgan fingerprint density at radius 1 is 1.08 bits per heavy atom. The van der Waals surface area contributed by atoms with Gasteiger partial charge in [-0.05, 0) is 12.8 Å². The minimum atomic E-state index is -0.515. The lowest BCUT2D eigenvalue weighted by molar-refractivity contribution is 0.239. The van der Waals surface area contributed by atoms with Crippen LogP contribution in [0.4, 0.5) is 0 Å². The fourth-order valence-corrected chi connectivity index (χ4v) is 4.00. The van der Waals surface area contributed by atoms with Crippen molar-refractivity contribution in [2.24, 2.45) is 0 Å². The molecule has 0 bridgehead atoms. The number of fused-ring (bicyclic) bond motifs is 1. The molecule has 0 spiro atoms. The lowest BCUT2D eigenvalue weighted by Crippen LogP contribution is -2.38. The molecule has 8 heteroatoms. The first-order valence-corrected chi connectivity index (χ1v) is 9.25. The van der Waals surface area contributed by atoms with Crippen molar-refractivity contribution in [3.63, 3.8) is 0 Å². The molecule has 2 aromatic rings. The minimum Gasteiger partial charge on any atom is -0.314 e. The Morgan fingerprint density at radius 2 is 1.88 bits per heavy atom. The van der Waals surface area contributed by atoms with Crippen molar-refractivity contribution >= 4 is 0 Å². The molecule has 0 amide bonds. The Bertz CT molecular complexity index is 968. The van der Waals surface area contributed by atoms with Gasteiger partial charge in [-0.3, -0.25) is 19.5 Å². The fraction of sp³-hybridized carbons (Fsp3) is 0.556. The molecule has 138 valence electrons. The van der Waals surface area contributed by atoms with Crippen molar-refractivity contribution < 1.29 is 0 Å². The number of nitrogens with zero attached hydrogens (tertiary/aromatic N) is 2. The monoisotopic (exact) mass is 357 g/mol. The zero-order valence-corrected chi connectivity index (χ0v) is 14.6. The summed E-state index contributed by atoms with van der Waals surface area (Å²) in [6.45, 7) is 1.57. The van der Waals surface area contributed by atoms with Gasteiger partial charge in [-0.1, -0.05) is 19.3 Å². The third-order valence-corrected chi connectivity index (χ3v) is 5.45. The topological polar surface area (TPSA) is 115 Å². The molecule has 2 aliphatic rings. The Hall–Kier alpha value is -2.48. The van der Waals surface area contributed by atoms with Gasteiger partial charge in [0.15, 0.2) is 0 Å². The van der Waals surface area contributed by atoms with E-state index in [2.05, 4.69) is 15.0 Å². The maximum absolute atomic E-state index is 12.6. The molecule has 26 heavy (non-hydrogen) atoms. The minimum absolute atomic E-state index is 0.0596. The van der Waals surface area contributed by atoms with Gasteiger partial charge in [0.1, 0.15) is 5.82 Å². The number of aromatic amines is 3. The van der Waals surface area contributed by atoms with Crippen molar-refractivity contribution in [2.45, 2.75) is 57.5 Å². The van der Waals surface area contributed by atoms with E-state index in [0.717, 1.165) is 30.9 Å². The first kappa shape index (κ1) is 17.0. The van der Waals surface area contributed by atoms with Gasteiger partial charge in [0.05, 0.1) is 11.3 Å². The van der Waals surface area contributed by atoms with Crippen LogP contribution in [0.25, 0.3) is 0 Å². The summed E-state index contributed by atoms with van der Waals surface area (Å²) in [7, 11) is 0. The van der Waals surface area contributed by atoms with Gasteiger partial charge in [0, 0.05) is 43.7 Å². The predicted molar refractivity (Wildman–Crippen MR) is 96.2 cm³/mol. The van der Waals surface area contributed by atoms with E-state index in [9.17, 15) is 14.4 Å². The summed E-state index contributed by atoms with van der Waals surface area (Å²) in [6, 6.07) is 0. The van der Waals surface area contributed by atoms with Crippen molar-refractivity contribution in [1.82, 2.24) is 24.8 Å². The standard InChI is InChI=1S/C18H23N5O3/c24-16-12(8-19-18(26)22-16)9-23-7-6-14-13(10-23)17(25)21-15(20-14)11-4-2-1-3-5-11/h8,11H,1-7,9-10H2,(H,20,21,25)(H2,19,22,24,26). The van der Waals surface area contributed by atoms with Crippen LogP contribution in [0.2, 0.25) is 0 Å². The summed E-state index contributed by atoms with van der Waals surface area (Å²) < 4.78 is 0. The summed E-state index contributed by atoms with van der Waals surface area (Å²) in [6.07, 6.45) is 8.00. The van der Waals surface area contributed by atoms with Crippen LogP contribution in [0, 0.1) is 0 Å². The number of H-pyrrole nitrogens is 3. The second-order valence-electron chi connectivity index (χ2n) is 7.27. The fourth-order valence-electron chi connectivity index (χ4n) is 4.00. The molecule has 0 radical (unpaired) electrons. The van der Waals surface area contributed by atoms with Gasteiger partial charge in [-0.25, -0.2) is 9.78 Å². The molecule has 2 aromatic heterocycles. The summed E-state index contributed by atoms with van der Waals surface area (Å²) in [4.78, 5) is 50.1. The van der Waals surface area contributed by atoms with Crippen LogP contribution in [-0.2, 0) is 19.5 Å². The Labute approximate surface area is 149 Å². The van der Waals surface area contributed by atoms with Gasteiger partial charge >= 0.3 is 5.69 Å². The number of rotatable bonds is 3. The normalized spacial score (nSPS) is 18.6. The average molecular weight is 357 g/mol. The lowest BCUT2D eigenvalue weighted by atomic mass is 9.88. The van der Waals surface area contributed by atoms with Crippen molar-refractivity contribution in [2.75, 3.05) is 6.54 Å². The van der Waals surface area contributed by atoms with Crippen LogP contribution in [0.5, 0.6) is 0 Å². The largest absolute Gasteiger partial charge is 0.325 e. The van der Waals surface area contributed by atoms with Gasteiger partial charge in [0.2, 0.25) is 0 Å². The zero-order valence-electron chi connectivity index (χ0n) is 14.6. The van der Waals surface area contributed by atoms with Crippen LogP contribution in [-0.4, -0.2) is 31.4 Å². The Morgan fingerprint density at radius 3 is 2.65 bits per heavy atom. The highest BCUT2D eigenvalue weighted by molar-refractivity contribution is 5.22. The summed E-state index contributed by atoms with van der Waals surface area (Å²) in [5.74, 6) is 1.22. The van der Waals surface area contributed by atoms with E-state index in [0.29, 0.717) is 36.6 Å². The molecule has 1 aliphatic heterocycles. The molecule has 1 saturated carbocycles. The molecule has 0 atom stereocenters. The summed E-state index contributed by atoms with van der Waals surface area (Å²) in [5, 5.41) is 0. The molecule has 1 fully saturated rings. The Balaban J connectivity index is 1.54. The quantitative estimate of drug-likeness (QED) is 0.750. The molecule has 0 saturated heterocycles. The highest BCUT2D eigenvalue weighted by Crippen LogP contribution is 2.30. The van der Waals surface area contributed by atoms with Crippen molar-refractivity contribution in [3.8, 4) is 0 Å². The predicted octanol–water partition coefficient (Wildman–Crippen LogP) is 0.752. The van der Waals surface area contributed by atoms with E-state index in [4.69, 9.17) is 4.98 Å². The average Bonchev–Trinajstić information content (AvgIpc) is 2.65. The highest BCUT2D eigenvalue weighted by Gasteiger charge is 2.24. The molecule has 0 aromatic carbocycles. The molecule has 1 aliphatic carbocycles. The van der Waals surface area contributed by atoms with Crippen LogP contribution < -0.4 is 16.8 Å². The summed E-state index contributed by atoms with van der Waals surface area (Å²) >= 11 is 0. The molecule has 0 unspecified atom stereocenters. The van der Waals surface area contributed by atoms with E-state index in [1.54, 1.807) is 0 Å². The Kier molecular flexibility index (Phi) is 4.58. The van der Waals surface area contributed by atoms with E-state index in [-0.39, 0.29) is 11.1 Å². The molecular formula is C18H23N5O3. The van der Waals surface area contributed by atoms with Crippen LogP contribution in [0.15, 0.2) is 20.6 Å². The number of hydrogen-bond acceptors (Lipinski definition) is 5. The SMILES string of the molecule is O=c1[nH]cc(CN2CCc3nc(C4CCCCC4)[nH]c(=O)c3C2)c(=O)[nH]1. The molecule has 3 N–H and O–H groups in total. The number of nitrogens with one attached hydrogen (secondary N) is 3. The molecular weight excluding hydrogens is 334 g/mol. The van der Waals surface area contributed by atoms with Gasteiger partial charge in [0.25, 0.3) is 11.1 Å². The second kappa shape index (κ2) is 7.03. The van der Waals surface area contributed by atoms with Gasteiger partial charge in [-0.15, -0.1) is 0 Å². The third kappa shape index (κ3) is 3.41. The van der Waals surface area contributed by atoms with Gasteiger partial charge in [-0.2, -0.15) is 0 Å². The van der Waals surface area contributed by atoms with Crippen LogP contribution in [0.3, 0.4) is 0 Å². The first-order chi connectivity index (χ1) is 12.6. The van der Waals surface area contributed by atoms with E-state index < -0.39 is 5.69 Å². The number of aromatic nitrogens is 4. The van der Waals surface area contributed by atoms with E-state index >= 15 is 0 Å². The van der Waals surface area contributed by atoms with Crippen molar-refractivity contribution in [1.29, 1.82) is 0 Å².